The lowest BCUT2D eigenvalue weighted by Crippen LogP contribution is -2.15. The Balaban J connectivity index is 1.69. The van der Waals surface area contributed by atoms with E-state index in [1.165, 1.54) is 25.0 Å². The molecule has 1 N–H and O–H groups in total. The molecule has 110 valence electrons. The van der Waals surface area contributed by atoms with E-state index in [0.717, 1.165) is 11.8 Å². The standard InChI is InChI=1S/C13H14FN5O2/c14-10-3-9(4-13(5-10)19(20)21)7-18-8-12(16-17-18)6-15-11-1-2-11/h3-5,8,11,15H,1-2,6-7H2. The van der Waals surface area contributed by atoms with Gasteiger partial charge in [0, 0.05) is 18.7 Å². The number of halogens is 1. The smallest absolute Gasteiger partial charge is 0.272 e. The molecule has 2 aromatic rings. The molecule has 0 radical (unpaired) electrons. The lowest BCUT2D eigenvalue weighted by Gasteiger charge is -2.01. The fourth-order valence-corrected chi connectivity index (χ4v) is 2.05. The van der Waals surface area contributed by atoms with Gasteiger partial charge in [0.05, 0.1) is 29.4 Å². The average Bonchev–Trinajstić information content (AvgIpc) is 3.16. The zero-order valence-corrected chi connectivity index (χ0v) is 11.2. The van der Waals surface area contributed by atoms with E-state index in [-0.39, 0.29) is 12.2 Å². The maximum atomic E-state index is 13.4. The van der Waals surface area contributed by atoms with Crippen LogP contribution < -0.4 is 5.32 Å². The van der Waals surface area contributed by atoms with Gasteiger partial charge in [0.2, 0.25) is 0 Å². The van der Waals surface area contributed by atoms with E-state index in [1.54, 1.807) is 10.9 Å². The zero-order valence-electron chi connectivity index (χ0n) is 11.2. The summed E-state index contributed by atoms with van der Waals surface area (Å²) in [5, 5.41) is 22.0. The van der Waals surface area contributed by atoms with Gasteiger partial charge in [0.1, 0.15) is 5.82 Å². The number of nitro benzene ring substituents is 1. The molecule has 0 saturated heterocycles. The SMILES string of the molecule is O=[N+]([O-])c1cc(F)cc(Cn2cc(CNC3CC3)nn2)c1. The van der Waals surface area contributed by atoms with Crippen molar-refractivity contribution in [3.05, 3.63) is 51.6 Å². The van der Waals surface area contributed by atoms with Gasteiger partial charge >= 0.3 is 0 Å². The maximum absolute atomic E-state index is 13.4. The highest BCUT2D eigenvalue weighted by Crippen LogP contribution is 2.19. The molecule has 1 heterocycles. The van der Waals surface area contributed by atoms with Crippen LogP contribution in [0.3, 0.4) is 0 Å². The predicted octanol–water partition coefficient (Wildman–Crippen LogP) is 1.63. The molecule has 0 amide bonds. The van der Waals surface area contributed by atoms with Gasteiger partial charge in [-0.2, -0.15) is 0 Å². The van der Waals surface area contributed by atoms with E-state index in [9.17, 15) is 14.5 Å². The Labute approximate surface area is 119 Å². The lowest BCUT2D eigenvalue weighted by molar-refractivity contribution is -0.385. The number of nitrogens with zero attached hydrogens (tertiary/aromatic N) is 4. The summed E-state index contributed by atoms with van der Waals surface area (Å²) < 4.78 is 14.9. The molecule has 1 aromatic heterocycles. The number of non-ortho nitro benzene ring substituents is 1. The third-order valence-corrected chi connectivity index (χ3v) is 3.23. The molecule has 1 aliphatic rings. The van der Waals surface area contributed by atoms with Crippen molar-refractivity contribution in [1.82, 2.24) is 20.3 Å². The van der Waals surface area contributed by atoms with Crippen molar-refractivity contribution in [2.45, 2.75) is 32.0 Å². The van der Waals surface area contributed by atoms with Crippen molar-refractivity contribution in [2.24, 2.45) is 0 Å². The Kier molecular flexibility index (Phi) is 3.61. The first-order chi connectivity index (χ1) is 10.1. The summed E-state index contributed by atoms with van der Waals surface area (Å²) in [6.07, 6.45) is 4.15. The van der Waals surface area contributed by atoms with Gasteiger partial charge in [-0.15, -0.1) is 5.10 Å². The van der Waals surface area contributed by atoms with Gasteiger partial charge in [-0.1, -0.05) is 5.21 Å². The van der Waals surface area contributed by atoms with Crippen molar-refractivity contribution in [3.63, 3.8) is 0 Å². The van der Waals surface area contributed by atoms with Crippen LogP contribution in [0.4, 0.5) is 10.1 Å². The highest BCUT2D eigenvalue weighted by atomic mass is 19.1. The second-order valence-corrected chi connectivity index (χ2v) is 5.14. The molecule has 1 fully saturated rings. The number of nitro groups is 1. The monoisotopic (exact) mass is 291 g/mol. The van der Waals surface area contributed by atoms with E-state index >= 15 is 0 Å². The van der Waals surface area contributed by atoms with Crippen LogP contribution in [0.15, 0.2) is 24.4 Å². The molecule has 0 spiro atoms. The van der Waals surface area contributed by atoms with Crippen molar-refractivity contribution in [1.29, 1.82) is 0 Å². The largest absolute Gasteiger partial charge is 0.308 e. The third kappa shape index (κ3) is 3.60. The Bertz CT molecular complexity index is 668. The van der Waals surface area contributed by atoms with Crippen LogP contribution in [0.5, 0.6) is 0 Å². The molecule has 1 aromatic carbocycles. The second-order valence-electron chi connectivity index (χ2n) is 5.14. The summed E-state index contributed by atoms with van der Waals surface area (Å²) in [5.41, 5.74) is 1.02. The Morgan fingerprint density at radius 3 is 2.95 bits per heavy atom. The van der Waals surface area contributed by atoms with Gasteiger partial charge < -0.3 is 5.32 Å². The van der Waals surface area contributed by atoms with Crippen molar-refractivity contribution >= 4 is 5.69 Å². The summed E-state index contributed by atoms with van der Waals surface area (Å²) in [5.74, 6) is -0.630. The van der Waals surface area contributed by atoms with E-state index in [2.05, 4.69) is 15.6 Å². The molecule has 21 heavy (non-hydrogen) atoms. The number of nitrogens with one attached hydrogen (secondary N) is 1. The third-order valence-electron chi connectivity index (χ3n) is 3.23. The van der Waals surface area contributed by atoms with Crippen molar-refractivity contribution in [2.75, 3.05) is 0 Å². The van der Waals surface area contributed by atoms with Crippen LogP contribution >= 0.6 is 0 Å². The van der Waals surface area contributed by atoms with Gasteiger partial charge in [-0.3, -0.25) is 10.1 Å². The number of rotatable bonds is 6. The number of aromatic nitrogens is 3. The zero-order chi connectivity index (χ0) is 14.8. The van der Waals surface area contributed by atoms with Crippen LogP contribution in [0.2, 0.25) is 0 Å². The molecule has 0 unspecified atom stereocenters. The van der Waals surface area contributed by atoms with Gasteiger partial charge in [0.15, 0.2) is 0 Å². The molecule has 0 atom stereocenters. The fraction of sp³-hybridized carbons (Fsp3) is 0.385. The molecule has 8 heteroatoms. The summed E-state index contributed by atoms with van der Waals surface area (Å²) in [6, 6.07) is 4.08. The number of hydrogen-bond acceptors (Lipinski definition) is 5. The summed E-state index contributed by atoms with van der Waals surface area (Å²) in [4.78, 5) is 10.1. The number of hydrogen-bond donors (Lipinski definition) is 1. The minimum absolute atomic E-state index is 0.245. The van der Waals surface area contributed by atoms with Crippen LogP contribution in [-0.4, -0.2) is 26.0 Å². The molecule has 1 saturated carbocycles. The fourth-order valence-electron chi connectivity index (χ4n) is 2.05. The second kappa shape index (κ2) is 5.57. The molecular weight excluding hydrogens is 277 g/mol. The predicted molar refractivity (Wildman–Crippen MR) is 72.0 cm³/mol. The quantitative estimate of drug-likeness (QED) is 0.645. The van der Waals surface area contributed by atoms with Crippen LogP contribution in [0, 0.1) is 15.9 Å². The maximum Gasteiger partial charge on any atom is 0.272 e. The minimum Gasteiger partial charge on any atom is -0.308 e. The summed E-state index contributed by atoms with van der Waals surface area (Å²) in [6.45, 7) is 0.892. The molecule has 7 nitrogen and oxygen atoms in total. The van der Waals surface area contributed by atoms with E-state index < -0.39 is 10.7 Å². The van der Waals surface area contributed by atoms with Gasteiger partial charge in [0.25, 0.3) is 5.69 Å². The van der Waals surface area contributed by atoms with Crippen LogP contribution in [0.25, 0.3) is 0 Å². The molecule has 0 aliphatic heterocycles. The topological polar surface area (TPSA) is 85.9 Å². The first-order valence-corrected chi connectivity index (χ1v) is 6.66. The first-order valence-electron chi connectivity index (χ1n) is 6.66. The Hall–Kier alpha value is -2.35. The molecule has 3 rings (SSSR count). The lowest BCUT2D eigenvalue weighted by atomic mass is 10.2. The van der Waals surface area contributed by atoms with E-state index in [0.29, 0.717) is 18.2 Å². The molecular formula is C13H14FN5O2. The van der Waals surface area contributed by atoms with Gasteiger partial charge in [-0.05, 0) is 24.5 Å². The summed E-state index contributed by atoms with van der Waals surface area (Å²) in [7, 11) is 0. The Morgan fingerprint density at radius 2 is 2.24 bits per heavy atom. The normalized spacial score (nSPS) is 14.3. The van der Waals surface area contributed by atoms with Crippen molar-refractivity contribution in [3.8, 4) is 0 Å². The average molecular weight is 291 g/mol. The first kappa shape index (κ1) is 13.6. The van der Waals surface area contributed by atoms with E-state index in [1.807, 2.05) is 0 Å². The highest BCUT2D eigenvalue weighted by molar-refractivity contribution is 5.35. The van der Waals surface area contributed by atoms with Gasteiger partial charge in [-0.25, -0.2) is 9.07 Å². The molecule has 1 aliphatic carbocycles. The summed E-state index contributed by atoms with van der Waals surface area (Å²) >= 11 is 0. The Morgan fingerprint density at radius 1 is 1.43 bits per heavy atom. The number of benzene rings is 1. The van der Waals surface area contributed by atoms with Crippen LogP contribution in [-0.2, 0) is 13.1 Å². The van der Waals surface area contributed by atoms with Crippen LogP contribution in [0.1, 0.15) is 24.1 Å². The van der Waals surface area contributed by atoms with E-state index in [4.69, 9.17) is 0 Å². The minimum atomic E-state index is -0.630. The molecule has 0 bridgehead atoms. The highest BCUT2D eigenvalue weighted by Gasteiger charge is 2.20. The van der Waals surface area contributed by atoms with Crippen molar-refractivity contribution < 1.29 is 9.31 Å².